The number of hydrogen-bond donors (Lipinski definition) is 1. The number of nitrogens with one attached hydrogen (secondary N) is 1. The first-order valence-corrected chi connectivity index (χ1v) is 43.9. The fraction of sp³-hybridized carbons (Fsp3) is 0.510. The number of ether oxygens (including phenoxy) is 4. The van der Waals surface area contributed by atoms with Gasteiger partial charge in [0.15, 0.2) is 35.5 Å². The molecule has 4 amide bonds. The third kappa shape index (κ3) is 18.5. The van der Waals surface area contributed by atoms with Crippen molar-refractivity contribution in [1.29, 1.82) is 0 Å². The van der Waals surface area contributed by atoms with E-state index < -0.39 is 30.2 Å². The van der Waals surface area contributed by atoms with E-state index in [0.717, 1.165) is 156 Å². The number of fused-ring (bicyclic) bond motifs is 8. The highest BCUT2D eigenvalue weighted by molar-refractivity contribution is 5.99. The highest BCUT2D eigenvalue weighted by Gasteiger charge is 2.51. The van der Waals surface area contributed by atoms with Crippen LogP contribution in [0.1, 0.15) is 232 Å². The predicted octanol–water partition coefficient (Wildman–Crippen LogP) is 15.7. The second-order valence-corrected chi connectivity index (χ2v) is 35.4. The largest absolute Gasteiger partial charge is 0.496 e. The summed E-state index contributed by atoms with van der Waals surface area (Å²) in [6, 6.07) is 39.5. The molecule has 29 heteroatoms. The number of carbonyl (C=O) groups excluding carboxylic acids is 7. The molecule has 672 valence electrons. The second kappa shape index (κ2) is 36.8. The van der Waals surface area contributed by atoms with Gasteiger partial charge in [0.25, 0.3) is 23.6 Å². The minimum atomic E-state index is -4.41. The molecule has 1 aliphatic carbocycles. The topological polar surface area (TPSA) is 211 Å². The Labute approximate surface area is 729 Å². The molecule has 1 saturated carbocycles. The van der Waals surface area contributed by atoms with E-state index >= 15 is 0 Å². The summed E-state index contributed by atoms with van der Waals surface area (Å²) in [7, 11) is 9.63. The number of ketones is 3. The van der Waals surface area contributed by atoms with Gasteiger partial charge in [-0.3, -0.25) is 48.3 Å². The van der Waals surface area contributed by atoms with Gasteiger partial charge in [-0.25, -0.2) is 0 Å². The molecule has 17 rings (SSSR count). The smallest absolute Gasteiger partial charge is 0.431 e. The number of likely N-dealkylation sites (N-methyl/N-ethyl adjacent to an activating group) is 3. The van der Waals surface area contributed by atoms with Crippen molar-refractivity contribution in [2.24, 2.45) is 5.92 Å². The van der Waals surface area contributed by atoms with E-state index in [4.69, 9.17) is 18.9 Å². The molecule has 5 fully saturated rings. The molecule has 0 unspecified atom stereocenters. The fourth-order valence-corrected chi connectivity index (χ4v) is 20.1. The van der Waals surface area contributed by atoms with Crippen molar-refractivity contribution < 1.29 is 80.3 Å². The monoisotopic (exact) mass is 1730 g/mol. The van der Waals surface area contributed by atoms with Crippen LogP contribution in [0, 0.1) is 12.8 Å². The molecule has 0 bridgehead atoms. The molecule has 9 aliphatic rings. The molecule has 12 heterocycles. The first-order chi connectivity index (χ1) is 59.6. The number of alkyl halides is 6. The molecule has 1 atom stereocenters. The number of piperidine rings is 4. The van der Waals surface area contributed by atoms with Crippen LogP contribution in [0.5, 0.6) is 23.0 Å². The maximum Gasteiger partial charge on any atom is 0.431 e. The number of hydrogen-bond acceptors (Lipinski definition) is 15. The maximum absolute atomic E-state index is 13.4. The zero-order valence-electron chi connectivity index (χ0n) is 73.9. The van der Waals surface area contributed by atoms with Crippen molar-refractivity contribution in [1.82, 2.24) is 57.9 Å². The molecule has 8 aromatic rings. The van der Waals surface area contributed by atoms with Crippen molar-refractivity contribution in [3.05, 3.63) is 212 Å². The minimum Gasteiger partial charge on any atom is -0.496 e. The first kappa shape index (κ1) is 90.7. The second-order valence-electron chi connectivity index (χ2n) is 35.4. The summed E-state index contributed by atoms with van der Waals surface area (Å²) < 4.78 is 106. The van der Waals surface area contributed by atoms with Gasteiger partial charge in [0.1, 0.15) is 17.2 Å². The number of halogens is 6. The number of aromatic nitrogens is 4. The molecule has 1 N–H and O–H groups in total. The van der Waals surface area contributed by atoms with Gasteiger partial charge in [-0.15, -0.1) is 0 Å². The van der Waals surface area contributed by atoms with Crippen LogP contribution in [0.4, 0.5) is 26.3 Å². The number of amides is 4. The van der Waals surface area contributed by atoms with Gasteiger partial charge in [0, 0.05) is 171 Å². The summed E-state index contributed by atoms with van der Waals surface area (Å²) >= 11 is 0. The number of benzene rings is 4. The number of Topliss-reactive ketones (excluding diaryl/α,β-unsaturated/α-hetero) is 3. The average molecular weight is 1730 g/mol. The van der Waals surface area contributed by atoms with E-state index in [1.807, 2.05) is 85.2 Å². The summed E-state index contributed by atoms with van der Waals surface area (Å²) in [5, 5.41) is 3.44. The Hall–Kier alpha value is -10.5. The van der Waals surface area contributed by atoms with Crippen LogP contribution in [0.25, 0.3) is 0 Å². The highest BCUT2D eigenvalue weighted by Crippen LogP contribution is 2.48. The molecule has 4 aromatic carbocycles. The Balaban J connectivity index is 0.000000144. The number of rotatable bonds is 16. The standard InChI is InChI=1S/C25H31N3O3.C24H30F3N3O3.C24H31N3O2.C23H26F3N3O3.H2/c1-17-16-19(6-8-21(17)31-3)24(30)27-12-10-25(11-13-27)22-9-7-20(23(29)18-4-5-18)28(22)15-14-26(25)2;1-4-16(2)33-18-6-5-17(15-19(18)32-3)22(31)29-12-9-23(10-13-29)20-7-8-21(24(25,26)27)30(20)14-11-28-23;1-17(2)19-5-7-20(8-6-19)23(29)26-13-11-24(12-14-26)22-10-9-21(18(3)28)27(22)16-15-25(24)4;1-16(30)19-7-8-20-22(27(2)13-14-29(19)20)9-11-28(12-10-22)21(31)17-3-5-18(6-4-17)32-15-23(24,25)26;/h6-9,16,18H,4-5,10-15H2,1-3H3;5-8,15-16,28H,4,9-14H2,1-3H3;5-10,17H,11-16H2,1-4H3;3-8H,9-15H2,1-2H3;1H/t;16-;;;/m.0.../s1. The lowest BCUT2D eigenvalue weighted by Crippen LogP contribution is -2.56. The molecule has 23 nitrogen and oxygen atoms in total. The van der Waals surface area contributed by atoms with Crippen LogP contribution in [0.2, 0.25) is 0 Å². The number of likely N-dealkylation sites (tertiary alicyclic amines) is 4. The van der Waals surface area contributed by atoms with E-state index in [0.29, 0.717) is 104 Å². The van der Waals surface area contributed by atoms with Crippen molar-refractivity contribution in [3.8, 4) is 23.0 Å². The number of carbonyl (C=O) groups is 7. The lowest BCUT2D eigenvalue weighted by molar-refractivity contribution is -0.153. The van der Waals surface area contributed by atoms with E-state index in [-0.39, 0.29) is 77.6 Å². The zero-order chi connectivity index (χ0) is 89.4. The van der Waals surface area contributed by atoms with E-state index in [9.17, 15) is 59.9 Å². The SMILES string of the molecule is CC(=O)c1ccc2n1CCN(C)C21CCN(C(=O)c2ccc(C(C)C)cc2)CC1.CC(=O)c1ccc2n1CCN(C)C21CCN(C(=O)c2ccc(OCC(F)(F)F)cc2)CC1.CC[C@H](C)Oc1ccc(C(=O)N2CCC3(CC2)NCCn2c(C(F)(F)F)ccc23)cc1OC.COc1ccc(C(=O)N2CCC3(CC2)c2ccc(C(=O)C4CC4)n2CCN3C)cc1C.[HH]. The average Bonchev–Trinajstić information content (AvgIpc) is 1.54. The highest BCUT2D eigenvalue weighted by atomic mass is 19.4. The molecule has 4 saturated heterocycles. The van der Waals surface area contributed by atoms with Crippen LogP contribution in [0.15, 0.2) is 133 Å². The van der Waals surface area contributed by atoms with Crippen LogP contribution < -0.4 is 24.3 Å². The molecular weight excluding hydrogens is 1610 g/mol. The normalized spacial score (nSPS) is 19.1. The fourth-order valence-electron chi connectivity index (χ4n) is 20.1. The van der Waals surface area contributed by atoms with Gasteiger partial charge < -0.3 is 62.1 Å². The van der Waals surface area contributed by atoms with Gasteiger partial charge in [0.05, 0.1) is 59.6 Å². The molecular formula is C96H120F6N12O11. The van der Waals surface area contributed by atoms with Gasteiger partial charge in [-0.1, -0.05) is 32.9 Å². The van der Waals surface area contributed by atoms with Gasteiger partial charge >= 0.3 is 12.4 Å². The number of aryl methyl sites for hydroxylation is 1. The Morgan fingerprint density at radius 1 is 0.456 bits per heavy atom. The van der Waals surface area contributed by atoms with Crippen molar-refractivity contribution in [2.45, 2.75) is 192 Å². The molecule has 8 aliphatic heterocycles. The van der Waals surface area contributed by atoms with Crippen LogP contribution >= 0.6 is 0 Å². The molecule has 125 heavy (non-hydrogen) atoms. The quantitative estimate of drug-likeness (QED) is 0.0704. The van der Waals surface area contributed by atoms with Crippen molar-refractivity contribution >= 4 is 41.0 Å². The summed E-state index contributed by atoms with van der Waals surface area (Å²) in [5.41, 5.74) is 9.70. The molecule has 4 aromatic heterocycles. The Bertz CT molecular complexity index is 5270. The summed E-state index contributed by atoms with van der Waals surface area (Å²) in [6.07, 6.45) is 0.273. The first-order valence-electron chi connectivity index (χ1n) is 43.9. The molecule has 0 radical (unpaired) electrons. The number of nitrogens with zero attached hydrogens (tertiary/aromatic N) is 11. The van der Waals surface area contributed by atoms with E-state index in [1.54, 1.807) is 55.0 Å². The van der Waals surface area contributed by atoms with Gasteiger partial charge in [-0.05, 0) is 244 Å². The third-order valence-electron chi connectivity index (χ3n) is 27.8. The Kier molecular flexibility index (Phi) is 26.7. The third-order valence-corrected chi connectivity index (χ3v) is 27.8. The van der Waals surface area contributed by atoms with Crippen molar-refractivity contribution in [3.63, 3.8) is 0 Å². The summed E-state index contributed by atoms with van der Waals surface area (Å²) in [6.45, 7) is 22.9. The van der Waals surface area contributed by atoms with Crippen LogP contribution in [-0.2, 0) is 54.5 Å². The molecule has 4 spiro atoms. The van der Waals surface area contributed by atoms with Crippen LogP contribution in [0.3, 0.4) is 0 Å². The van der Waals surface area contributed by atoms with Gasteiger partial charge in [0.2, 0.25) is 0 Å². The van der Waals surface area contributed by atoms with E-state index in [1.165, 1.54) is 52.9 Å². The van der Waals surface area contributed by atoms with Gasteiger partial charge in [-0.2, -0.15) is 26.3 Å². The lowest BCUT2D eigenvalue weighted by atomic mass is 9.81. The van der Waals surface area contributed by atoms with E-state index in [2.05, 4.69) is 93.0 Å². The van der Waals surface area contributed by atoms with Crippen LogP contribution in [-0.4, -0.2) is 226 Å². The van der Waals surface area contributed by atoms with Crippen molar-refractivity contribution in [2.75, 3.05) is 121 Å². The minimum absolute atomic E-state index is 0. The predicted molar refractivity (Wildman–Crippen MR) is 465 cm³/mol. The summed E-state index contributed by atoms with van der Waals surface area (Å²) in [4.78, 5) is 104. The Morgan fingerprint density at radius 3 is 1.26 bits per heavy atom. The lowest BCUT2D eigenvalue weighted by Gasteiger charge is -2.50. The number of methoxy groups -OCH3 is 2. The zero-order valence-corrected chi connectivity index (χ0v) is 73.9. The Morgan fingerprint density at radius 2 is 0.856 bits per heavy atom. The maximum atomic E-state index is 13.4. The summed E-state index contributed by atoms with van der Waals surface area (Å²) in [5.74, 6) is 3.07.